The Balaban J connectivity index is 2.28. The molecule has 1 heterocycles. The van der Waals surface area contributed by atoms with E-state index >= 15 is 0 Å². The second-order valence-corrected chi connectivity index (χ2v) is 4.61. The summed E-state index contributed by atoms with van der Waals surface area (Å²) in [4.78, 5) is 15.1. The van der Waals surface area contributed by atoms with Crippen molar-refractivity contribution in [1.29, 1.82) is 0 Å². The lowest BCUT2D eigenvalue weighted by atomic mass is 10.1. The highest BCUT2D eigenvalue weighted by Crippen LogP contribution is 2.28. The van der Waals surface area contributed by atoms with Gasteiger partial charge >= 0.3 is 0 Å². The van der Waals surface area contributed by atoms with Gasteiger partial charge in [0.25, 0.3) is 0 Å². The van der Waals surface area contributed by atoms with Crippen LogP contribution >= 0.6 is 0 Å². The number of carbonyl (C=O) groups excluding carboxylic acids is 1. The quantitative estimate of drug-likeness (QED) is 0.890. The van der Waals surface area contributed by atoms with Gasteiger partial charge in [-0.15, -0.1) is 0 Å². The largest absolute Gasteiger partial charge is 0.438 e. The number of aromatic nitrogens is 1. The van der Waals surface area contributed by atoms with Crippen molar-refractivity contribution in [2.45, 2.75) is 20.4 Å². The maximum absolute atomic E-state index is 11.0. The number of pyridine rings is 1. The maximum atomic E-state index is 11.0. The molecular formula is C15H17N3O2. The van der Waals surface area contributed by atoms with Gasteiger partial charge in [-0.3, -0.25) is 4.79 Å². The summed E-state index contributed by atoms with van der Waals surface area (Å²) in [6.45, 7) is 4.41. The fraction of sp³-hybridized carbons (Fsp3) is 0.200. The molecule has 4 N–H and O–H groups in total. The van der Waals surface area contributed by atoms with Gasteiger partial charge in [0.1, 0.15) is 5.75 Å². The molecule has 0 bridgehead atoms. The number of ether oxygens (including phenoxy) is 1. The SMILES string of the molecule is Cc1cc(CN)cc(C)c1Oc1ccc(C(N)=O)cn1. The van der Waals surface area contributed by atoms with Crippen LogP contribution in [0.25, 0.3) is 0 Å². The first-order valence-corrected chi connectivity index (χ1v) is 6.25. The molecule has 5 heteroatoms. The number of hydrogen-bond donors (Lipinski definition) is 2. The summed E-state index contributed by atoms with van der Waals surface area (Å²) in [7, 11) is 0. The molecule has 1 aromatic heterocycles. The van der Waals surface area contributed by atoms with Crippen LogP contribution in [-0.2, 0) is 6.54 Å². The van der Waals surface area contributed by atoms with Gasteiger partial charge in [0.2, 0.25) is 11.8 Å². The van der Waals surface area contributed by atoms with Crippen molar-refractivity contribution in [1.82, 2.24) is 4.98 Å². The van der Waals surface area contributed by atoms with Crippen LogP contribution in [0.1, 0.15) is 27.0 Å². The molecule has 1 amide bonds. The number of amides is 1. The van der Waals surface area contributed by atoms with Crippen LogP contribution in [0.2, 0.25) is 0 Å². The van der Waals surface area contributed by atoms with Crippen LogP contribution in [0.5, 0.6) is 11.6 Å². The number of hydrogen-bond acceptors (Lipinski definition) is 4. The van der Waals surface area contributed by atoms with E-state index in [4.69, 9.17) is 16.2 Å². The fourth-order valence-corrected chi connectivity index (χ4v) is 2.01. The molecule has 1 aromatic carbocycles. The molecule has 5 nitrogen and oxygen atoms in total. The Morgan fingerprint density at radius 1 is 1.25 bits per heavy atom. The first-order valence-electron chi connectivity index (χ1n) is 6.25. The lowest BCUT2D eigenvalue weighted by Gasteiger charge is -2.12. The number of nitrogens with two attached hydrogens (primary N) is 2. The molecule has 0 unspecified atom stereocenters. The molecule has 0 aliphatic rings. The average Bonchev–Trinajstić information content (AvgIpc) is 2.43. The zero-order chi connectivity index (χ0) is 14.7. The van der Waals surface area contributed by atoms with Crippen molar-refractivity contribution in [3.8, 4) is 11.6 Å². The van der Waals surface area contributed by atoms with Gasteiger partial charge in [-0.05, 0) is 36.6 Å². The lowest BCUT2D eigenvalue weighted by Crippen LogP contribution is -2.11. The van der Waals surface area contributed by atoms with Crippen LogP contribution in [0, 0.1) is 13.8 Å². The van der Waals surface area contributed by atoms with E-state index in [1.807, 2.05) is 26.0 Å². The van der Waals surface area contributed by atoms with Gasteiger partial charge in [-0.25, -0.2) is 4.98 Å². The highest BCUT2D eigenvalue weighted by molar-refractivity contribution is 5.92. The molecule has 2 rings (SSSR count). The van der Waals surface area contributed by atoms with E-state index in [0.29, 0.717) is 18.0 Å². The molecular weight excluding hydrogens is 254 g/mol. The fourth-order valence-electron chi connectivity index (χ4n) is 2.01. The smallest absolute Gasteiger partial charge is 0.250 e. The summed E-state index contributed by atoms with van der Waals surface area (Å²) in [5.41, 5.74) is 14.2. The van der Waals surface area contributed by atoms with E-state index in [2.05, 4.69) is 4.98 Å². The van der Waals surface area contributed by atoms with E-state index in [1.54, 1.807) is 12.1 Å². The highest BCUT2D eigenvalue weighted by Gasteiger charge is 2.09. The molecule has 20 heavy (non-hydrogen) atoms. The molecule has 0 spiro atoms. The molecule has 0 saturated heterocycles. The number of primary amides is 1. The van der Waals surface area contributed by atoms with E-state index in [9.17, 15) is 4.79 Å². The van der Waals surface area contributed by atoms with Crippen molar-refractivity contribution >= 4 is 5.91 Å². The zero-order valence-electron chi connectivity index (χ0n) is 11.5. The molecule has 0 radical (unpaired) electrons. The lowest BCUT2D eigenvalue weighted by molar-refractivity contribution is 0.1000. The topological polar surface area (TPSA) is 91.2 Å². The number of rotatable bonds is 4. The summed E-state index contributed by atoms with van der Waals surface area (Å²) >= 11 is 0. The van der Waals surface area contributed by atoms with E-state index in [0.717, 1.165) is 22.4 Å². The van der Waals surface area contributed by atoms with Crippen molar-refractivity contribution in [3.05, 3.63) is 52.7 Å². The minimum absolute atomic E-state index is 0.351. The first-order chi connectivity index (χ1) is 9.51. The summed E-state index contributed by atoms with van der Waals surface area (Å²) < 4.78 is 5.77. The van der Waals surface area contributed by atoms with Crippen LogP contribution < -0.4 is 16.2 Å². The summed E-state index contributed by atoms with van der Waals surface area (Å²) in [5, 5.41) is 0. The van der Waals surface area contributed by atoms with Gasteiger partial charge in [0.15, 0.2) is 0 Å². The molecule has 0 fully saturated rings. The number of carbonyl (C=O) groups is 1. The monoisotopic (exact) mass is 271 g/mol. The van der Waals surface area contributed by atoms with Crippen molar-refractivity contribution in [2.75, 3.05) is 0 Å². The van der Waals surface area contributed by atoms with Crippen LogP contribution in [0.3, 0.4) is 0 Å². The number of aryl methyl sites for hydroxylation is 2. The van der Waals surface area contributed by atoms with Gasteiger partial charge < -0.3 is 16.2 Å². The van der Waals surface area contributed by atoms with E-state index < -0.39 is 5.91 Å². The second kappa shape index (κ2) is 5.71. The average molecular weight is 271 g/mol. The van der Waals surface area contributed by atoms with Gasteiger partial charge in [-0.1, -0.05) is 12.1 Å². The third kappa shape index (κ3) is 2.95. The van der Waals surface area contributed by atoms with Gasteiger partial charge in [0.05, 0.1) is 5.56 Å². The Labute approximate surface area is 117 Å². The summed E-state index contributed by atoms with van der Waals surface area (Å²) in [6, 6.07) is 7.18. The second-order valence-electron chi connectivity index (χ2n) is 4.61. The van der Waals surface area contributed by atoms with Gasteiger partial charge in [0, 0.05) is 18.8 Å². The third-order valence-corrected chi connectivity index (χ3v) is 2.98. The normalized spacial score (nSPS) is 10.3. The van der Waals surface area contributed by atoms with Crippen LogP contribution in [0.15, 0.2) is 30.5 Å². The Bertz CT molecular complexity index is 613. The number of nitrogens with zero attached hydrogens (tertiary/aromatic N) is 1. The molecule has 0 atom stereocenters. The molecule has 0 saturated carbocycles. The minimum atomic E-state index is -0.510. The van der Waals surface area contributed by atoms with Crippen molar-refractivity contribution < 1.29 is 9.53 Å². The van der Waals surface area contributed by atoms with E-state index in [1.165, 1.54) is 6.20 Å². The molecule has 104 valence electrons. The standard InChI is InChI=1S/C15H17N3O2/c1-9-5-11(7-16)6-10(2)14(9)20-13-4-3-12(8-18-13)15(17)19/h3-6,8H,7,16H2,1-2H3,(H2,17,19). The zero-order valence-corrected chi connectivity index (χ0v) is 11.5. The Hall–Kier alpha value is -2.40. The predicted molar refractivity (Wildman–Crippen MR) is 76.6 cm³/mol. The molecule has 2 aromatic rings. The van der Waals surface area contributed by atoms with Crippen molar-refractivity contribution in [2.24, 2.45) is 11.5 Å². The highest BCUT2D eigenvalue weighted by atomic mass is 16.5. The summed E-state index contributed by atoms with van der Waals surface area (Å²) in [6.07, 6.45) is 1.40. The Kier molecular flexibility index (Phi) is 4.00. The Morgan fingerprint density at radius 3 is 2.35 bits per heavy atom. The van der Waals surface area contributed by atoms with Gasteiger partial charge in [-0.2, -0.15) is 0 Å². The van der Waals surface area contributed by atoms with Crippen LogP contribution in [-0.4, -0.2) is 10.9 Å². The molecule has 0 aliphatic carbocycles. The first kappa shape index (κ1) is 14.0. The molecule has 0 aliphatic heterocycles. The minimum Gasteiger partial charge on any atom is -0.438 e. The third-order valence-electron chi connectivity index (χ3n) is 2.98. The maximum Gasteiger partial charge on any atom is 0.250 e. The predicted octanol–water partition coefficient (Wildman–Crippen LogP) is 2.05. The number of benzene rings is 1. The summed E-state index contributed by atoms with van der Waals surface area (Å²) in [5.74, 6) is 0.659. The Morgan fingerprint density at radius 2 is 1.90 bits per heavy atom. The van der Waals surface area contributed by atoms with Crippen molar-refractivity contribution in [3.63, 3.8) is 0 Å². The van der Waals surface area contributed by atoms with Crippen LogP contribution in [0.4, 0.5) is 0 Å². The van der Waals surface area contributed by atoms with E-state index in [-0.39, 0.29) is 0 Å².